The Morgan fingerprint density at radius 3 is 2.67 bits per heavy atom. The number of likely N-dealkylation sites (tertiary alicyclic amines) is 1. The lowest BCUT2D eigenvalue weighted by Crippen LogP contribution is -2.38. The van der Waals surface area contributed by atoms with Gasteiger partial charge in [0.25, 0.3) is 5.91 Å². The van der Waals surface area contributed by atoms with Crippen LogP contribution in [0, 0.1) is 5.92 Å². The number of aromatic nitrogens is 1. The zero-order chi connectivity index (χ0) is 21.2. The summed E-state index contributed by atoms with van der Waals surface area (Å²) in [6, 6.07) is 10.3. The molecule has 1 aliphatic heterocycles. The molecule has 1 aliphatic rings. The summed E-state index contributed by atoms with van der Waals surface area (Å²) in [7, 11) is 0. The van der Waals surface area contributed by atoms with Gasteiger partial charge in [0.05, 0.1) is 0 Å². The zero-order valence-corrected chi connectivity index (χ0v) is 17.4. The molecule has 30 heavy (non-hydrogen) atoms. The van der Waals surface area contributed by atoms with Gasteiger partial charge in [-0.3, -0.25) is 14.6 Å². The van der Waals surface area contributed by atoms with Crippen molar-refractivity contribution in [3.8, 4) is 5.75 Å². The molecule has 2 heterocycles. The van der Waals surface area contributed by atoms with Crippen LogP contribution in [0.4, 0.5) is 0 Å². The highest BCUT2D eigenvalue weighted by Gasteiger charge is 2.23. The van der Waals surface area contributed by atoms with Gasteiger partial charge in [0.2, 0.25) is 0 Å². The fraction of sp³-hybridized carbons (Fsp3) is 0.400. The summed E-state index contributed by atoms with van der Waals surface area (Å²) < 4.78 is 0. The second-order valence-electron chi connectivity index (χ2n) is 7.97. The molecule has 2 aromatic rings. The maximum Gasteiger partial charge on any atom is 0.253 e. The van der Waals surface area contributed by atoms with Crippen molar-refractivity contribution < 1.29 is 14.7 Å². The quantitative estimate of drug-likeness (QED) is 0.476. The summed E-state index contributed by atoms with van der Waals surface area (Å²) in [6.45, 7) is 1.55. The number of nitrogens with zero attached hydrogens (tertiary/aromatic N) is 2. The van der Waals surface area contributed by atoms with E-state index < -0.39 is 0 Å². The van der Waals surface area contributed by atoms with Gasteiger partial charge in [-0.05, 0) is 67.2 Å². The second-order valence-corrected chi connectivity index (χ2v) is 7.97. The van der Waals surface area contributed by atoms with E-state index in [9.17, 15) is 14.7 Å². The van der Waals surface area contributed by atoms with Crippen LogP contribution in [0.15, 0.2) is 54.9 Å². The Balaban J connectivity index is 1.28. The van der Waals surface area contributed by atoms with Gasteiger partial charge in [-0.25, -0.2) is 0 Å². The number of amides is 1. The maximum absolute atomic E-state index is 12.5. The molecule has 1 fully saturated rings. The number of benzene rings is 1. The lowest BCUT2D eigenvalue weighted by Gasteiger charge is -2.32. The number of phenolic OH excluding ortho intramolecular Hbond substituents is 1. The predicted octanol–water partition coefficient (Wildman–Crippen LogP) is 4.87. The molecule has 0 bridgehead atoms. The molecule has 0 radical (unpaired) electrons. The number of unbranched alkanes of at least 4 members (excludes halogenated alkanes) is 2. The van der Waals surface area contributed by atoms with Crippen LogP contribution in [0.2, 0.25) is 0 Å². The highest BCUT2D eigenvalue weighted by atomic mass is 16.3. The molecule has 5 nitrogen and oxygen atoms in total. The third-order valence-corrected chi connectivity index (χ3v) is 5.68. The standard InChI is InChI=1S/C25H30N2O3/c28-23(12-11-21-7-5-15-26-19-21)9-3-1-2-6-20-13-16-27(17-14-20)25(30)22-8-4-10-24(29)18-22/h4-5,7-8,10-12,15,18-20,29H,1-3,6,9,13-14,16-17H2/b12-11+. The molecule has 1 amide bonds. The van der Waals surface area contributed by atoms with E-state index in [-0.39, 0.29) is 17.4 Å². The van der Waals surface area contributed by atoms with E-state index in [4.69, 9.17) is 0 Å². The van der Waals surface area contributed by atoms with Crippen molar-refractivity contribution in [2.24, 2.45) is 5.92 Å². The highest BCUT2D eigenvalue weighted by Crippen LogP contribution is 2.25. The Bertz CT molecular complexity index is 856. The zero-order valence-electron chi connectivity index (χ0n) is 17.4. The first-order chi connectivity index (χ1) is 14.6. The number of hydrogen-bond acceptors (Lipinski definition) is 4. The molecule has 5 heteroatoms. The third-order valence-electron chi connectivity index (χ3n) is 5.68. The number of rotatable bonds is 9. The molecule has 0 saturated carbocycles. The molecule has 1 N–H and O–H groups in total. The van der Waals surface area contributed by atoms with E-state index in [0.29, 0.717) is 17.9 Å². The summed E-state index contributed by atoms with van der Waals surface area (Å²) in [4.78, 5) is 30.4. The minimum absolute atomic E-state index is 0.00204. The number of allylic oxidation sites excluding steroid dienone is 1. The first-order valence-corrected chi connectivity index (χ1v) is 10.8. The summed E-state index contributed by atoms with van der Waals surface area (Å²) in [5, 5.41) is 9.56. The lowest BCUT2D eigenvalue weighted by atomic mass is 9.90. The van der Waals surface area contributed by atoms with Gasteiger partial charge < -0.3 is 10.0 Å². The van der Waals surface area contributed by atoms with Crippen molar-refractivity contribution in [3.63, 3.8) is 0 Å². The number of piperidine rings is 1. The van der Waals surface area contributed by atoms with Crippen molar-refractivity contribution in [2.45, 2.75) is 44.9 Å². The third kappa shape index (κ3) is 6.83. The van der Waals surface area contributed by atoms with Gasteiger partial charge >= 0.3 is 0 Å². The van der Waals surface area contributed by atoms with Gasteiger partial charge in [0.15, 0.2) is 5.78 Å². The monoisotopic (exact) mass is 406 g/mol. The fourth-order valence-corrected chi connectivity index (χ4v) is 3.90. The fourth-order valence-electron chi connectivity index (χ4n) is 3.90. The predicted molar refractivity (Wildman–Crippen MR) is 118 cm³/mol. The van der Waals surface area contributed by atoms with Gasteiger partial charge in [-0.15, -0.1) is 0 Å². The summed E-state index contributed by atoms with van der Waals surface area (Å²) in [5.41, 5.74) is 1.50. The molecule has 1 saturated heterocycles. The minimum atomic E-state index is 0.00204. The van der Waals surface area contributed by atoms with Crippen molar-refractivity contribution in [1.29, 1.82) is 0 Å². The Kier molecular flexibility index (Phi) is 8.19. The Labute approximate surface area is 178 Å². The number of pyridine rings is 1. The number of phenols is 1. The van der Waals surface area contributed by atoms with Gasteiger partial charge in [0, 0.05) is 37.5 Å². The van der Waals surface area contributed by atoms with Crippen molar-refractivity contribution in [3.05, 3.63) is 66.0 Å². The largest absolute Gasteiger partial charge is 0.508 e. The van der Waals surface area contributed by atoms with Gasteiger partial charge in [-0.2, -0.15) is 0 Å². The molecule has 1 aromatic carbocycles. The molecular weight excluding hydrogens is 376 g/mol. The van der Waals surface area contributed by atoms with Gasteiger partial charge in [-0.1, -0.05) is 31.4 Å². The summed E-state index contributed by atoms with van der Waals surface area (Å²) in [6.07, 6.45) is 13.8. The van der Waals surface area contributed by atoms with E-state index in [2.05, 4.69) is 4.98 Å². The van der Waals surface area contributed by atoms with Crippen molar-refractivity contribution in [2.75, 3.05) is 13.1 Å². The molecule has 0 unspecified atom stereocenters. The minimum Gasteiger partial charge on any atom is -0.508 e. The van der Waals surface area contributed by atoms with Crippen molar-refractivity contribution in [1.82, 2.24) is 9.88 Å². The van der Waals surface area contributed by atoms with Crippen LogP contribution in [-0.4, -0.2) is 39.8 Å². The van der Waals surface area contributed by atoms with Crippen LogP contribution >= 0.6 is 0 Å². The van der Waals surface area contributed by atoms with Crippen LogP contribution in [0.1, 0.15) is 60.9 Å². The Hall–Kier alpha value is -2.95. The number of carbonyl (C=O) groups is 2. The smallest absolute Gasteiger partial charge is 0.253 e. The normalized spacial score (nSPS) is 14.9. The molecule has 3 rings (SSSR count). The first-order valence-electron chi connectivity index (χ1n) is 10.8. The maximum atomic E-state index is 12.5. The van der Waals surface area contributed by atoms with Crippen LogP contribution in [0.25, 0.3) is 6.08 Å². The first kappa shape index (κ1) is 21.8. The van der Waals surface area contributed by atoms with E-state index in [1.165, 1.54) is 6.07 Å². The van der Waals surface area contributed by atoms with E-state index >= 15 is 0 Å². The second kappa shape index (κ2) is 11.3. The Morgan fingerprint density at radius 1 is 1.10 bits per heavy atom. The van der Waals surface area contributed by atoms with E-state index in [0.717, 1.165) is 57.2 Å². The summed E-state index contributed by atoms with van der Waals surface area (Å²) >= 11 is 0. The molecule has 1 aromatic heterocycles. The topological polar surface area (TPSA) is 70.5 Å². The van der Waals surface area contributed by atoms with E-state index in [1.54, 1.807) is 36.7 Å². The number of ketones is 1. The number of carbonyl (C=O) groups excluding carboxylic acids is 2. The summed E-state index contributed by atoms with van der Waals surface area (Å²) in [5.74, 6) is 0.945. The Morgan fingerprint density at radius 2 is 1.93 bits per heavy atom. The van der Waals surface area contributed by atoms with Crippen LogP contribution < -0.4 is 0 Å². The number of aromatic hydroxyl groups is 1. The van der Waals surface area contributed by atoms with E-state index in [1.807, 2.05) is 23.1 Å². The lowest BCUT2D eigenvalue weighted by molar-refractivity contribution is -0.114. The van der Waals surface area contributed by atoms with Crippen LogP contribution in [0.3, 0.4) is 0 Å². The number of hydrogen-bond donors (Lipinski definition) is 1. The molecule has 158 valence electrons. The molecular formula is C25H30N2O3. The average Bonchev–Trinajstić information content (AvgIpc) is 2.78. The van der Waals surface area contributed by atoms with Gasteiger partial charge in [0.1, 0.15) is 5.75 Å². The average molecular weight is 407 g/mol. The molecule has 0 atom stereocenters. The SMILES string of the molecule is O=C(/C=C/c1cccnc1)CCCCCC1CCN(C(=O)c2cccc(O)c2)CC1. The molecule has 0 aliphatic carbocycles. The van der Waals surface area contributed by atoms with Crippen LogP contribution in [0.5, 0.6) is 5.75 Å². The molecule has 0 spiro atoms. The van der Waals surface area contributed by atoms with Crippen molar-refractivity contribution >= 4 is 17.8 Å². The highest BCUT2D eigenvalue weighted by molar-refractivity contribution is 5.94. The van der Waals surface area contributed by atoms with Crippen LogP contribution in [-0.2, 0) is 4.79 Å².